The van der Waals surface area contributed by atoms with Crippen LogP contribution in [-0.4, -0.2) is 65.2 Å². The van der Waals surface area contributed by atoms with Crippen LogP contribution in [0.15, 0.2) is 48.5 Å². The SMILES string of the molecule is CCc1ccc(CN2CCN(Cc3cccc(OC)c3)CC2)cc1.O=C(O)C(=O)O. The summed E-state index contributed by atoms with van der Waals surface area (Å²) < 4.78 is 5.32. The molecule has 2 aromatic carbocycles. The van der Waals surface area contributed by atoms with E-state index in [0.717, 1.165) is 51.4 Å². The first-order chi connectivity index (χ1) is 14.4. The van der Waals surface area contributed by atoms with Crippen molar-refractivity contribution in [1.29, 1.82) is 0 Å². The van der Waals surface area contributed by atoms with Gasteiger partial charge < -0.3 is 14.9 Å². The van der Waals surface area contributed by atoms with Gasteiger partial charge in [-0.15, -0.1) is 0 Å². The molecule has 1 aliphatic heterocycles. The number of carboxylic acids is 2. The predicted octanol–water partition coefficient (Wildman–Crippen LogP) is 2.73. The number of ether oxygens (including phenoxy) is 1. The van der Waals surface area contributed by atoms with Crippen LogP contribution in [0.4, 0.5) is 0 Å². The van der Waals surface area contributed by atoms with Crippen LogP contribution in [0.1, 0.15) is 23.6 Å². The molecule has 7 heteroatoms. The lowest BCUT2D eigenvalue weighted by Gasteiger charge is -2.34. The lowest BCUT2D eigenvalue weighted by Crippen LogP contribution is -2.45. The second-order valence-electron chi connectivity index (χ2n) is 7.18. The molecule has 7 nitrogen and oxygen atoms in total. The van der Waals surface area contributed by atoms with Gasteiger partial charge in [-0.1, -0.05) is 43.3 Å². The van der Waals surface area contributed by atoms with E-state index < -0.39 is 11.9 Å². The Balaban J connectivity index is 0.000000469. The number of hydrogen-bond acceptors (Lipinski definition) is 5. The minimum Gasteiger partial charge on any atom is -0.497 e. The average Bonchev–Trinajstić information content (AvgIpc) is 2.76. The third kappa shape index (κ3) is 7.85. The van der Waals surface area contributed by atoms with E-state index in [-0.39, 0.29) is 0 Å². The van der Waals surface area contributed by atoms with Gasteiger partial charge in [0.25, 0.3) is 0 Å². The molecule has 2 N–H and O–H groups in total. The largest absolute Gasteiger partial charge is 0.497 e. The van der Waals surface area contributed by atoms with E-state index in [4.69, 9.17) is 24.5 Å². The number of rotatable bonds is 6. The van der Waals surface area contributed by atoms with E-state index in [1.165, 1.54) is 16.7 Å². The zero-order chi connectivity index (χ0) is 21.9. The molecule has 0 aliphatic carbocycles. The van der Waals surface area contributed by atoms with Crippen LogP contribution in [0, 0.1) is 0 Å². The normalized spacial score (nSPS) is 14.5. The number of carbonyl (C=O) groups is 2. The molecular weight excluding hydrogens is 384 g/mol. The molecule has 0 aromatic heterocycles. The highest BCUT2D eigenvalue weighted by Crippen LogP contribution is 2.16. The summed E-state index contributed by atoms with van der Waals surface area (Å²) in [5.41, 5.74) is 4.17. The maximum absolute atomic E-state index is 9.10. The summed E-state index contributed by atoms with van der Waals surface area (Å²) in [5.74, 6) is -2.70. The van der Waals surface area contributed by atoms with E-state index >= 15 is 0 Å². The zero-order valence-electron chi connectivity index (χ0n) is 17.6. The monoisotopic (exact) mass is 414 g/mol. The highest BCUT2D eigenvalue weighted by atomic mass is 16.5. The van der Waals surface area contributed by atoms with Crippen LogP contribution in [0.2, 0.25) is 0 Å². The molecule has 1 saturated heterocycles. The number of benzene rings is 2. The molecule has 3 rings (SSSR count). The summed E-state index contributed by atoms with van der Waals surface area (Å²) in [4.78, 5) is 23.3. The number of carboxylic acid groups (broad SMARTS) is 2. The third-order valence-electron chi connectivity index (χ3n) is 5.03. The number of methoxy groups -OCH3 is 1. The fourth-order valence-corrected chi connectivity index (χ4v) is 3.27. The minimum absolute atomic E-state index is 0.946. The lowest BCUT2D eigenvalue weighted by molar-refractivity contribution is -0.159. The Bertz CT molecular complexity index is 803. The fraction of sp³-hybridized carbons (Fsp3) is 0.391. The second-order valence-corrected chi connectivity index (χ2v) is 7.18. The van der Waals surface area contributed by atoms with Gasteiger partial charge >= 0.3 is 11.9 Å². The van der Waals surface area contributed by atoms with Gasteiger partial charge in [0.05, 0.1) is 7.11 Å². The summed E-state index contributed by atoms with van der Waals surface area (Å²) >= 11 is 0. The highest BCUT2D eigenvalue weighted by molar-refractivity contribution is 6.27. The van der Waals surface area contributed by atoms with Gasteiger partial charge in [-0.3, -0.25) is 9.80 Å². The van der Waals surface area contributed by atoms with Gasteiger partial charge in [0.1, 0.15) is 5.75 Å². The van der Waals surface area contributed by atoms with Gasteiger partial charge in [0.15, 0.2) is 0 Å². The third-order valence-corrected chi connectivity index (χ3v) is 5.03. The van der Waals surface area contributed by atoms with Gasteiger partial charge in [-0.25, -0.2) is 9.59 Å². The molecule has 1 fully saturated rings. The molecule has 0 unspecified atom stereocenters. The van der Waals surface area contributed by atoms with Gasteiger partial charge in [-0.2, -0.15) is 0 Å². The highest BCUT2D eigenvalue weighted by Gasteiger charge is 2.17. The Labute approximate surface area is 177 Å². The van der Waals surface area contributed by atoms with Crippen LogP contribution in [0.3, 0.4) is 0 Å². The summed E-state index contributed by atoms with van der Waals surface area (Å²) in [5, 5.41) is 14.8. The van der Waals surface area contributed by atoms with E-state index in [9.17, 15) is 0 Å². The zero-order valence-corrected chi connectivity index (χ0v) is 17.6. The second kappa shape index (κ2) is 11.9. The van der Waals surface area contributed by atoms with Crippen molar-refractivity contribution in [2.75, 3.05) is 33.3 Å². The molecule has 0 atom stereocenters. The summed E-state index contributed by atoms with van der Waals surface area (Å²) in [6, 6.07) is 17.5. The minimum atomic E-state index is -1.82. The number of hydrogen-bond donors (Lipinski definition) is 2. The topological polar surface area (TPSA) is 90.3 Å². The quantitative estimate of drug-likeness (QED) is 0.703. The van der Waals surface area contributed by atoms with Crippen molar-refractivity contribution < 1.29 is 24.5 Å². The van der Waals surface area contributed by atoms with Gasteiger partial charge in [0, 0.05) is 39.3 Å². The van der Waals surface area contributed by atoms with Crippen LogP contribution < -0.4 is 4.74 Å². The molecule has 1 heterocycles. The molecule has 0 amide bonds. The standard InChI is InChI=1S/C21H28N2O.C2H2O4/c1-3-18-7-9-19(10-8-18)16-22-11-13-23(14-12-22)17-20-5-4-6-21(15-20)24-2;3-1(4)2(5)6/h4-10,15H,3,11-14,16-17H2,1-2H3;(H,3,4)(H,5,6). The van der Waals surface area contributed by atoms with Crippen molar-refractivity contribution in [3.8, 4) is 5.75 Å². The summed E-state index contributed by atoms with van der Waals surface area (Å²) in [6.45, 7) is 8.82. The van der Waals surface area contributed by atoms with Crippen molar-refractivity contribution >= 4 is 11.9 Å². The number of aryl methyl sites for hydroxylation is 1. The van der Waals surface area contributed by atoms with Crippen LogP contribution >= 0.6 is 0 Å². The smallest absolute Gasteiger partial charge is 0.414 e. The average molecular weight is 415 g/mol. The van der Waals surface area contributed by atoms with Crippen LogP contribution in [0.25, 0.3) is 0 Å². The molecule has 2 aromatic rings. The van der Waals surface area contributed by atoms with Crippen molar-refractivity contribution in [1.82, 2.24) is 9.80 Å². The predicted molar refractivity (Wildman–Crippen MR) is 115 cm³/mol. The summed E-state index contributed by atoms with van der Waals surface area (Å²) in [6.07, 6.45) is 1.11. The maximum Gasteiger partial charge on any atom is 0.414 e. The first-order valence-corrected chi connectivity index (χ1v) is 10.0. The Morgan fingerprint density at radius 3 is 1.80 bits per heavy atom. The molecule has 0 radical (unpaired) electrons. The van der Waals surface area contributed by atoms with Crippen LogP contribution in [-0.2, 0) is 29.1 Å². The van der Waals surface area contributed by atoms with E-state index in [2.05, 4.69) is 59.2 Å². The molecule has 30 heavy (non-hydrogen) atoms. The molecule has 1 aliphatic rings. The number of nitrogens with zero attached hydrogens (tertiary/aromatic N) is 2. The first-order valence-electron chi connectivity index (χ1n) is 10.0. The summed E-state index contributed by atoms with van der Waals surface area (Å²) in [7, 11) is 1.73. The van der Waals surface area contributed by atoms with Crippen molar-refractivity contribution in [3.05, 3.63) is 65.2 Å². The maximum atomic E-state index is 9.10. The lowest BCUT2D eigenvalue weighted by atomic mass is 10.1. The molecule has 0 bridgehead atoms. The van der Waals surface area contributed by atoms with Crippen molar-refractivity contribution in [2.45, 2.75) is 26.4 Å². The van der Waals surface area contributed by atoms with E-state index in [0.29, 0.717) is 0 Å². The molecule has 0 saturated carbocycles. The van der Waals surface area contributed by atoms with E-state index in [1.54, 1.807) is 7.11 Å². The van der Waals surface area contributed by atoms with Gasteiger partial charge in [-0.05, 0) is 35.2 Å². The van der Waals surface area contributed by atoms with Crippen molar-refractivity contribution in [3.63, 3.8) is 0 Å². The Kier molecular flexibility index (Phi) is 9.31. The van der Waals surface area contributed by atoms with Crippen LogP contribution in [0.5, 0.6) is 5.75 Å². The number of piperazine rings is 1. The van der Waals surface area contributed by atoms with Crippen molar-refractivity contribution in [2.24, 2.45) is 0 Å². The van der Waals surface area contributed by atoms with E-state index in [1.807, 2.05) is 6.07 Å². The molecule has 0 spiro atoms. The number of aliphatic carboxylic acids is 2. The Hall–Kier alpha value is -2.90. The first kappa shape index (κ1) is 23.4. The Morgan fingerprint density at radius 1 is 0.833 bits per heavy atom. The molecule has 162 valence electrons. The Morgan fingerprint density at radius 2 is 1.33 bits per heavy atom. The fourth-order valence-electron chi connectivity index (χ4n) is 3.27. The molecular formula is C23H30N2O5. The van der Waals surface area contributed by atoms with Gasteiger partial charge in [0.2, 0.25) is 0 Å².